The lowest BCUT2D eigenvalue weighted by molar-refractivity contribution is 0.462. The Labute approximate surface area is 187 Å². The van der Waals surface area contributed by atoms with Gasteiger partial charge in [0.15, 0.2) is 5.96 Å². The molecule has 1 aliphatic rings. The summed E-state index contributed by atoms with van der Waals surface area (Å²) in [5, 5.41) is 6.80. The highest BCUT2D eigenvalue weighted by atomic mass is 127. The number of benzene rings is 2. The van der Waals surface area contributed by atoms with Crippen molar-refractivity contribution in [2.75, 3.05) is 37.3 Å². The minimum Gasteiger partial charge on any atom is -0.371 e. The van der Waals surface area contributed by atoms with Crippen LogP contribution in [0.15, 0.2) is 70.6 Å². The average Bonchev–Trinajstić information content (AvgIpc) is 2.74. The minimum atomic E-state index is -0.986. The molecule has 0 aromatic heterocycles. The van der Waals surface area contributed by atoms with Crippen LogP contribution in [0.5, 0.6) is 0 Å². The van der Waals surface area contributed by atoms with E-state index in [4.69, 9.17) is 0 Å². The first-order valence-corrected chi connectivity index (χ1v) is 10.8. The maximum atomic E-state index is 12.3. The summed E-state index contributed by atoms with van der Waals surface area (Å²) >= 11 is 0. The molecule has 1 aliphatic heterocycles. The van der Waals surface area contributed by atoms with Gasteiger partial charge in [-0.25, -0.2) is 0 Å². The lowest BCUT2D eigenvalue weighted by Crippen LogP contribution is -2.49. The zero-order valence-corrected chi connectivity index (χ0v) is 19.4. The first-order chi connectivity index (χ1) is 13.3. The molecule has 0 radical (unpaired) electrons. The molecular formula is C21H29IN4OS. The summed E-state index contributed by atoms with van der Waals surface area (Å²) in [6.45, 7) is 2.71. The van der Waals surface area contributed by atoms with Crippen molar-refractivity contribution in [3.63, 3.8) is 0 Å². The maximum absolute atomic E-state index is 12.3. The second kappa shape index (κ2) is 12.1. The Morgan fingerprint density at radius 1 is 1.07 bits per heavy atom. The molecular weight excluding hydrogens is 483 g/mol. The molecule has 0 saturated carbocycles. The van der Waals surface area contributed by atoms with E-state index in [0.717, 1.165) is 36.8 Å². The number of nitrogens with one attached hydrogen (secondary N) is 2. The van der Waals surface area contributed by atoms with Gasteiger partial charge in [-0.05, 0) is 37.1 Å². The van der Waals surface area contributed by atoms with Gasteiger partial charge in [0, 0.05) is 49.1 Å². The molecule has 2 aromatic carbocycles. The molecule has 1 heterocycles. The van der Waals surface area contributed by atoms with Crippen LogP contribution < -0.4 is 15.5 Å². The van der Waals surface area contributed by atoms with Gasteiger partial charge in [0.2, 0.25) is 0 Å². The van der Waals surface area contributed by atoms with Gasteiger partial charge in [0.25, 0.3) is 0 Å². The molecule has 0 amide bonds. The third-order valence-electron chi connectivity index (χ3n) is 4.77. The first kappa shape index (κ1) is 22.7. The monoisotopic (exact) mass is 512 g/mol. The average molecular weight is 512 g/mol. The minimum absolute atomic E-state index is 0. The molecule has 1 saturated heterocycles. The van der Waals surface area contributed by atoms with Gasteiger partial charge in [-0.15, -0.1) is 24.0 Å². The van der Waals surface area contributed by atoms with Gasteiger partial charge in [-0.3, -0.25) is 9.20 Å². The van der Waals surface area contributed by atoms with E-state index in [9.17, 15) is 4.21 Å². The Hall–Kier alpha value is -1.61. The van der Waals surface area contributed by atoms with E-state index in [1.807, 2.05) is 30.3 Å². The lowest BCUT2D eigenvalue weighted by Gasteiger charge is -2.34. The Morgan fingerprint density at radius 3 is 2.29 bits per heavy atom. The number of nitrogens with zero attached hydrogens (tertiary/aromatic N) is 2. The third-order valence-corrected chi connectivity index (χ3v) is 6.14. The fraction of sp³-hybridized carbons (Fsp3) is 0.381. The fourth-order valence-corrected chi connectivity index (χ4v) is 4.24. The zero-order valence-electron chi connectivity index (χ0n) is 16.2. The van der Waals surface area contributed by atoms with Crippen molar-refractivity contribution in [2.45, 2.75) is 23.8 Å². The number of rotatable bonds is 6. The standard InChI is InChI=1S/C21H28N4OS.HI/c1-22-21(23-14-17-27(26)20-10-6-3-7-11-20)24-18-12-15-25(16-13-18)19-8-4-2-5-9-19;/h2-11,18H,12-17H2,1H3,(H2,22,23,24);1H. The second-order valence-corrected chi connectivity index (χ2v) is 8.17. The topological polar surface area (TPSA) is 56.7 Å². The molecule has 5 nitrogen and oxygen atoms in total. The van der Waals surface area contributed by atoms with Crippen molar-refractivity contribution in [1.29, 1.82) is 0 Å². The SMILES string of the molecule is CN=C(NCCS(=O)c1ccccc1)NC1CCN(c2ccccc2)CC1.I. The van der Waals surface area contributed by atoms with Crippen LogP contribution in [0.1, 0.15) is 12.8 Å². The van der Waals surface area contributed by atoms with Gasteiger partial charge < -0.3 is 15.5 Å². The van der Waals surface area contributed by atoms with Gasteiger partial charge in [-0.2, -0.15) is 0 Å². The van der Waals surface area contributed by atoms with Crippen molar-refractivity contribution < 1.29 is 4.21 Å². The molecule has 28 heavy (non-hydrogen) atoms. The Bertz CT molecular complexity index is 750. The van der Waals surface area contributed by atoms with Gasteiger partial charge in [-0.1, -0.05) is 36.4 Å². The van der Waals surface area contributed by atoms with Crippen molar-refractivity contribution in [3.8, 4) is 0 Å². The Balaban J connectivity index is 0.00000280. The summed E-state index contributed by atoms with van der Waals surface area (Å²) in [4.78, 5) is 7.61. The number of halogens is 1. The summed E-state index contributed by atoms with van der Waals surface area (Å²) in [5.41, 5.74) is 1.29. The van der Waals surface area contributed by atoms with E-state index < -0.39 is 10.8 Å². The summed E-state index contributed by atoms with van der Waals surface area (Å²) < 4.78 is 12.3. The molecule has 0 bridgehead atoms. The van der Waals surface area contributed by atoms with Crippen LogP contribution in [0.4, 0.5) is 5.69 Å². The van der Waals surface area contributed by atoms with E-state index in [1.165, 1.54) is 5.69 Å². The first-order valence-electron chi connectivity index (χ1n) is 9.47. The normalized spacial score (nSPS) is 16.2. The molecule has 3 rings (SSSR count). The molecule has 7 heteroatoms. The molecule has 1 fully saturated rings. The quantitative estimate of drug-likeness (QED) is 0.355. The summed E-state index contributed by atoms with van der Waals surface area (Å²) in [7, 11) is 0.794. The lowest BCUT2D eigenvalue weighted by atomic mass is 10.0. The van der Waals surface area contributed by atoms with Gasteiger partial charge in [0.1, 0.15) is 0 Å². The zero-order chi connectivity index (χ0) is 18.9. The number of guanidine groups is 1. The van der Waals surface area contributed by atoms with Gasteiger partial charge in [0.05, 0.1) is 10.8 Å². The third kappa shape index (κ3) is 6.77. The van der Waals surface area contributed by atoms with E-state index in [1.54, 1.807) is 7.05 Å². The van der Waals surface area contributed by atoms with Crippen molar-refractivity contribution in [3.05, 3.63) is 60.7 Å². The molecule has 1 atom stereocenters. The van der Waals surface area contributed by atoms with Crippen LogP contribution in [-0.4, -0.2) is 48.6 Å². The number of anilines is 1. The number of piperidine rings is 1. The van der Waals surface area contributed by atoms with Crippen LogP contribution in [-0.2, 0) is 10.8 Å². The molecule has 152 valence electrons. The van der Waals surface area contributed by atoms with Crippen LogP contribution >= 0.6 is 24.0 Å². The summed E-state index contributed by atoms with van der Waals surface area (Å²) in [5.74, 6) is 1.36. The number of hydrogen-bond donors (Lipinski definition) is 2. The smallest absolute Gasteiger partial charge is 0.191 e. The largest absolute Gasteiger partial charge is 0.371 e. The van der Waals surface area contributed by atoms with Crippen LogP contribution in [0.3, 0.4) is 0 Å². The molecule has 2 N–H and O–H groups in total. The molecule has 0 spiro atoms. The molecule has 0 aliphatic carbocycles. The van der Waals surface area contributed by atoms with Crippen LogP contribution in [0.25, 0.3) is 0 Å². The van der Waals surface area contributed by atoms with Crippen molar-refractivity contribution in [2.24, 2.45) is 4.99 Å². The number of hydrogen-bond acceptors (Lipinski definition) is 3. The second-order valence-electron chi connectivity index (χ2n) is 6.60. The van der Waals surface area contributed by atoms with Crippen molar-refractivity contribution in [1.82, 2.24) is 10.6 Å². The highest BCUT2D eigenvalue weighted by Gasteiger charge is 2.20. The van der Waals surface area contributed by atoms with Crippen molar-refractivity contribution >= 4 is 46.4 Å². The maximum Gasteiger partial charge on any atom is 0.191 e. The molecule has 2 aromatic rings. The predicted molar refractivity (Wildman–Crippen MR) is 129 cm³/mol. The van der Waals surface area contributed by atoms with E-state index in [-0.39, 0.29) is 24.0 Å². The van der Waals surface area contributed by atoms with E-state index >= 15 is 0 Å². The fourth-order valence-electron chi connectivity index (χ4n) is 3.26. The van der Waals surface area contributed by atoms with E-state index in [0.29, 0.717) is 18.3 Å². The predicted octanol–water partition coefficient (Wildman–Crippen LogP) is 3.25. The van der Waals surface area contributed by atoms with Crippen LogP contribution in [0.2, 0.25) is 0 Å². The Kier molecular flexibility index (Phi) is 9.77. The highest BCUT2D eigenvalue weighted by molar-refractivity contribution is 14.0. The summed E-state index contributed by atoms with van der Waals surface area (Å²) in [6.07, 6.45) is 2.15. The summed E-state index contributed by atoms with van der Waals surface area (Å²) in [6, 6.07) is 20.6. The molecule has 1 unspecified atom stereocenters. The van der Waals surface area contributed by atoms with E-state index in [2.05, 4.69) is 50.9 Å². The Morgan fingerprint density at radius 2 is 1.68 bits per heavy atom. The number of para-hydroxylation sites is 1. The number of aliphatic imine (C=N–C) groups is 1. The highest BCUT2D eigenvalue weighted by Crippen LogP contribution is 2.19. The van der Waals surface area contributed by atoms with Gasteiger partial charge >= 0.3 is 0 Å². The van der Waals surface area contributed by atoms with Crippen LogP contribution in [0, 0.1) is 0 Å².